The van der Waals surface area contributed by atoms with Crippen LogP contribution in [-0.4, -0.2) is 4.57 Å². The van der Waals surface area contributed by atoms with E-state index in [-0.39, 0.29) is 0 Å². The Balaban J connectivity index is 1.70. The third-order valence-corrected chi connectivity index (χ3v) is 4.53. The summed E-state index contributed by atoms with van der Waals surface area (Å²) >= 11 is 5.99. The molecule has 1 aliphatic rings. The van der Waals surface area contributed by atoms with Crippen LogP contribution in [0.2, 0.25) is 5.02 Å². The van der Waals surface area contributed by atoms with Crippen LogP contribution in [-0.2, 0) is 13.0 Å². The summed E-state index contributed by atoms with van der Waals surface area (Å²) in [4.78, 5) is 0. The van der Waals surface area contributed by atoms with Gasteiger partial charge in [-0.15, -0.1) is 0 Å². The first kappa shape index (κ1) is 13.6. The van der Waals surface area contributed by atoms with Gasteiger partial charge in [-0.3, -0.25) is 0 Å². The Morgan fingerprint density at radius 1 is 1.00 bits per heavy atom. The van der Waals surface area contributed by atoms with E-state index in [1.807, 2.05) is 12.1 Å². The second kappa shape index (κ2) is 5.64. The molecule has 0 bridgehead atoms. The van der Waals surface area contributed by atoms with E-state index in [0.717, 1.165) is 18.0 Å². The molecule has 22 heavy (non-hydrogen) atoms. The number of halogens is 1. The Labute approximate surface area is 135 Å². The minimum Gasteiger partial charge on any atom is -0.319 e. The number of para-hydroxylation sites is 1. The second-order valence-corrected chi connectivity index (χ2v) is 6.13. The highest BCUT2D eigenvalue weighted by molar-refractivity contribution is 6.30. The maximum absolute atomic E-state index is 5.99. The molecule has 0 radical (unpaired) electrons. The number of nitrogens with one attached hydrogen (secondary N) is 1. The number of rotatable bonds is 2. The molecule has 1 aliphatic heterocycles. The second-order valence-electron chi connectivity index (χ2n) is 5.70. The minimum atomic E-state index is 0.295. The van der Waals surface area contributed by atoms with Gasteiger partial charge < -0.3 is 9.88 Å². The van der Waals surface area contributed by atoms with Crippen LogP contribution >= 0.6 is 11.6 Å². The number of hydrogen-bond donors (Lipinski definition) is 1. The van der Waals surface area contributed by atoms with Gasteiger partial charge in [0.05, 0.1) is 6.04 Å². The van der Waals surface area contributed by atoms with Crippen LogP contribution in [0.5, 0.6) is 0 Å². The van der Waals surface area contributed by atoms with Gasteiger partial charge >= 0.3 is 0 Å². The first-order valence-electron chi connectivity index (χ1n) is 7.54. The first-order chi connectivity index (χ1) is 10.8. The Morgan fingerprint density at radius 3 is 2.68 bits per heavy atom. The fourth-order valence-electron chi connectivity index (χ4n) is 3.16. The highest BCUT2D eigenvalue weighted by atomic mass is 35.5. The van der Waals surface area contributed by atoms with Gasteiger partial charge in [0.25, 0.3) is 0 Å². The number of benzene rings is 2. The molecule has 4 rings (SSSR count). The third kappa shape index (κ3) is 2.45. The summed E-state index contributed by atoms with van der Waals surface area (Å²) in [5.41, 5.74) is 5.20. The summed E-state index contributed by atoms with van der Waals surface area (Å²) in [6.45, 7) is 0.885. The predicted octanol–water partition coefficient (Wildman–Crippen LogP) is 4.52. The van der Waals surface area contributed by atoms with Crippen LogP contribution in [0.1, 0.15) is 22.9 Å². The molecule has 0 aliphatic carbocycles. The average Bonchev–Trinajstić information content (AvgIpc) is 2.98. The van der Waals surface area contributed by atoms with Gasteiger partial charge in [0.1, 0.15) is 0 Å². The van der Waals surface area contributed by atoms with E-state index in [4.69, 9.17) is 11.6 Å². The van der Waals surface area contributed by atoms with E-state index >= 15 is 0 Å². The van der Waals surface area contributed by atoms with Gasteiger partial charge in [-0.05, 0) is 47.9 Å². The van der Waals surface area contributed by atoms with Gasteiger partial charge in [0.15, 0.2) is 0 Å². The monoisotopic (exact) mass is 308 g/mol. The average molecular weight is 309 g/mol. The highest BCUT2D eigenvalue weighted by Crippen LogP contribution is 2.28. The van der Waals surface area contributed by atoms with Crippen molar-refractivity contribution in [3.8, 4) is 5.69 Å². The number of fused-ring (bicyclic) bond motifs is 3. The van der Waals surface area contributed by atoms with E-state index in [9.17, 15) is 0 Å². The summed E-state index contributed by atoms with van der Waals surface area (Å²) in [5, 5.41) is 4.47. The van der Waals surface area contributed by atoms with Crippen LogP contribution in [0, 0.1) is 0 Å². The van der Waals surface area contributed by atoms with Crippen molar-refractivity contribution in [1.29, 1.82) is 0 Å². The number of aromatic nitrogens is 1. The largest absolute Gasteiger partial charge is 0.319 e. The summed E-state index contributed by atoms with van der Waals surface area (Å²) in [6, 6.07) is 21.3. The Hall–Kier alpha value is -2.03. The van der Waals surface area contributed by atoms with E-state index in [2.05, 4.69) is 64.6 Å². The van der Waals surface area contributed by atoms with Gasteiger partial charge in [0, 0.05) is 29.1 Å². The van der Waals surface area contributed by atoms with Crippen molar-refractivity contribution in [2.75, 3.05) is 0 Å². The molecular formula is C19H17ClN2. The molecule has 1 unspecified atom stereocenters. The molecule has 1 aromatic heterocycles. The molecule has 0 saturated carbocycles. The molecule has 0 saturated heterocycles. The molecule has 1 atom stereocenters. The number of hydrogen-bond acceptors (Lipinski definition) is 1. The maximum Gasteiger partial charge on any atom is 0.0522 e. The predicted molar refractivity (Wildman–Crippen MR) is 90.5 cm³/mol. The summed E-state index contributed by atoms with van der Waals surface area (Å²) in [7, 11) is 0. The van der Waals surface area contributed by atoms with Crippen LogP contribution in [0.15, 0.2) is 66.9 Å². The zero-order valence-corrected chi connectivity index (χ0v) is 12.9. The summed E-state index contributed by atoms with van der Waals surface area (Å²) in [5.74, 6) is 0. The zero-order chi connectivity index (χ0) is 14.9. The van der Waals surface area contributed by atoms with Gasteiger partial charge in [-0.2, -0.15) is 0 Å². The van der Waals surface area contributed by atoms with E-state index in [1.165, 1.54) is 22.5 Å². The molecule has 3 heteroatoms. The van der Waals surface area contributed by atoms with E-state index in [0.29, 0.717) is 6.04 Å². The lowest BCUT2D eigenvalue weighted by atomic mass is 10.0. The molecule has 2 aromatic carbocycles. The molecule has 0 fully saturated rings. The minimum absolute atomic E-state index is 0.295. The van der Waals surface area contributed by atoms with Crippen molar-refractivity contribution in [3.63, 3.8) is 0 Å². The standard InChI is InChI=1S/C19H17ClN2/c20-16-9-7-14(8-10-16)12-17-19-6-3-11-22(19)18-5-2-1-4-15(18)13-21-17/h1-11,17,21H,12-13H2. The van der Waals surface area contributed by atoms with E-state index < -0.39 is 0 Å². The van der Waals surface area contributed by atoms with Crippen molar-refractivity contribution >= 4 is 11.6 Å². The van der Waals surface area contributed by atoms with Crippen LogP contribution in [0.4, 0.5) is 0 Å². The Morgan fingerprint density at radius 2 is 1.82 bits per heavy atom. The Kier molecular flexibility index (Phi) is 3.49. The van der Waals surface area contributed by atoms with Crippen LogP contribution in [0.3, 0.4) is 0 Å². The van der Waals surface area contributed by atoms with Crippen molar-refractivity contribution in [2.45, 2.75) is 19.0 Å². The van der Waals surface area contributed by atoms with Gasteiger partial charge in [-0.1, -0.05) is 41.9 Å². The van der Waals surface area contributed by atoms with Crippen molar-refractivity contribution in [1.82, 2.24) is 9.88 Å². The molecule has 0 spiro atoms. The normalized spacial score (nSPS) is 16.7. The Bertz CT molecular complexity index is 789. The van der Waals surface area contributed by atoms with Crippen molar-refractivity contribution in [3.05, 3.63) is 88.7 Å². The van der Waals surface area contributed by atoms with Crippen LogP contribution in [0.25, 0.3) is 5.69 Å². The smallest absolute Gasteiger partial charge is 0.0522 e. The van der Waals surface area contributed by atoms with Crippen molar-refractivity contribution < 1.29 is 0 Å². The fourth-order valence-corrected chi connectivity index (χ4v) is 3.29. The summed E-state index contributed by atoms with van der Waals surface area (Å²) in [6.07, 6.45) is 3.10. The number of nitrogens with zero attached hydrogens (tertiary/aromatic N) is 1. The molecule has 0 amide bonds. The van der Waals surface area contributed by atoms with Crippen molar-refractivity contribution in [2.24, 2.45) is 0 Å². The molecule has 2 nitrogen and oxygen atoms in total. The third-order valence-electron chi connectivity index (χ3n) is 4.28. The molecular weight excluding hydrogens is 292 g/mol. The lowest BCUT2D eigenvalue weighted by Crippen LogP contribution is -2.22. The molecule has 3 aromatic rings. The molecule has 1 N–H and O–H groups in total. The molecule has 110 valence electrons. The molecule has 2 heterocycles. The SMILES string of the molecule is Clc1ccc(CC2NCc3ccccc3-n3cccc32)cc1. The van der Waals surface area contributed by atoms with Crippen LogP contribution < -0.4 is 5.32 Å². The lowest BCUT2D eigenvalue weighted by molar-refractivity contribution is 0.525. The summed E-state index contributed by atoms with van der Waals surface area (Å²) < 4.78 is 2.30. The zero-order valence-electron chi connectivity index (χ0n) is 12.2. The van der Waals surface area contributed by atoms with Gasteiger partial charge in [0.2, 0.25) is 0 Å². The fraction of sp³-hybridized carbons (Fsp3) is 0.158. The quantitative estimate of drug-likeness (QED) is 0.736. The van der Waals surface area contributed by atoms with E-state index in [1.54, 1.807) is 0 Å². The maximum atomic E-state index is 5.99. The highest BCUT2D eigenvalue weighted by Gasteiger charge is 2.21. The first-order valence-corrected chi connectivity index (χ1v) is 7.92. The lowest BCUT2D eigenvalue weighted by Gasteiger charge is -2.17. The topological polar surface area (TPSA) is 17.0 Å². The van der Waals surface area contributed by atoms with Gasteiger partial charge in [-0.25, -0.2) is 0 Å².